The van der Waals surface area contributed by atoms with Crippen LogP contribution in [0.3, 0.4) is 0 Å². The number of rotatable bonds is 7. The summed E-state index contributed by atoms with van der Waals surface area (Å²) >= 11 is 2.43. The summed E-state index contributed by atoms with van der Waals surface area (Å²) in [6, 6.07) is 3.51. The number of ether oxygens (including phenoxy) is 2. The van der Waals surface area contributed by atoms with Gasteiger partial charge in [0.15, 0.2) is 0 Å². The molecule has 0 bridgehead atoms. The largest absolute Gasteiger partial charge is 0.477 e. The molecule has 2 atom stereocenters. The molecule has 1 aromatic heterocycles. The maximum Gasteiger partial charge on any atom is 0.352 e. The number of hydrogen-bond acceptors (Lipinski definition) is 9. The zero-order valence-electron chi connectivity index (χ0n) is 16.0. The molecule has 2 aliphatic rings. The van der Waals surface area contributed by atoms with Crippen molar-refractivity contribution in [3.63, 3.8) is 0 Å². The fourth-order valence-corrected chi connectivity index (χ4v) is 5.41. The molecule has 0 radical (unpaired) electrons. The molecule has 0 spiro atoms. The number of nitrogens with one attached hydrogen (secondary N) is 1. The number of thiophene rings is 1. The van der Waals surface area contributed by atoms with Gasteiger partial charge in [0.2, 0.25) is 11.4 Å². The highest BCUT2D eigenvalue weighted by Crippen LogP contribution is 2.47. The van der Waals surface area contributed by atoms with E-state index in [-0.39, 0.29) is 30.1 Å². The van der Waals surface area contributed by atoms with Crippen LogP contribution in [0.4, 0.5) is 0 Å². The molecule has 1 saturated heterocycles. The van der Waals surface area contributed by atoms with Crippen molar-refractivity contribution in [1.82, 2.24) is 10.2 Å². The van der Waals surface area contributed by atoms with Crippen molar-refractivity contribution in [2.45, 2.75) is 24.3 Å². The van der Waals surface area contributed by atoms with E-state index < -0.39 is 40.6 Å². The van der Waals surface area contributed by atoms with Crippen LogP contribution in [0, 0.1) is 0 Å². The van der Waals surface area contributed by atoms with Gasteiger partial charge >= 0.3 is 17.9 Å². The lowest BCUT2D eigenvalue weighted by atomic mass is 9.85. The fourth-order valence-electron chi connectivity index (χ4n) is 3.27. The number of hydrogen-bond donors (Lipinski definition) is 2. The molecule has 1 unspecified atom stereocenters. The average molecular weight is 454 g/mol. The molecule has 0 saturated carbocycles. The molecule has 0 aromatic carbocycles. The maximum atomic E-state index is 13.0. The summed E-state index contributed by atoms with van der Waals surface area (Å²) < 4.78 is 9.65. The zero-order valence-corrected chi connectivity index (χ0v) is 17.6. The SMILES string of the molecule is COC(=O)C1(NC(=O)Cc2cccs2)C(=O)N2C(C(=O)O)=C(COC(C)=O)CS[C@@H]21. The van der Waals surface area contributed by atoms with Crippen molar-refractivity contribution in [1.29, 1.82) is 0 Å². The van der Waals surface area contributed by atoms with Gasteiger partial charge in [0.1, 0.15) is 17.7 Å². The monoisotopic (exact) mass is 454 g/mol. The first-order chi connectivity index (χ1) is 14.2. The van der Waals surface area contributed by atoms with Crippen LogP contribution in [0.2, 0.25) is 0 Å². The second-order valence-corrected chi connectivity index (χ2v) is 8.58. The lowest BCUT2D eigenvalue weighted by molar-refractivity contribution is -0.174. The number of thioether (sulfide) groups is 1. The summed E-state index contributed by atoms with van der Waals surface area (Å²) in [7, 11) is 1.08. The van der Waals surface area contributed by atoms with Crippen molar-refractivity contribution in [3.05, 3.63) is 33.7 Å². The molecule has 2 N–H and O–H groups in total. The minimum absolute atomic E-state index is 0.0413. The van der Waals surface area contributed by atoms with Crippen molar-refractivity contribution >= 4 is 52.8 Å². The molecule has 10 nitrogen and oxygen atoms in total. The van der Waals surface area contributed by atoms with Crippen LogP contribution in [-0.2, 0) is 39.9 Å². The highest BCUT2D eigenvalue weighted by atomic mass is 32.2. The molecular formula is C18H18N2O8S2. The van der Waals surface area contributed by atoms with Crippen LogP contribution < -0.4 is 5.32 Å². The molecule has 160 valence electrons. The van der Waals surface area contributed by atoms with Crippen molar-refractivity contribution in [2.24, 2.45) is 0 Å². The molecular weight excluding hydrogens is 436 g/mol. The molecule has 30 heavy (non-hydrogen) atoms. The van der Waals surface area contributed by atoms with E-state index in [0.717, 1.165) is 28.6 Å². The average Bonchev–Trinajstić information content (AvgIpc) is 3.21. The second-order valence-electron chi connectivity index (χ2n) is 6.48. The molecule has 2 aliphatic heterocycles. The number of esters is 2. The van der Waals surface area contributed by atoms with Gasteiger partial charge < -0.3 is 19.9 Å². The van der Waals surface area contributed by atoms with Gasteiger partial charge in [0.05, 0.1) is 13.5 Å². The van der Waals surface area contributed by atoms with Gasteiger partial charge in [0.25, 0.3) is 5.91 Å². The van der Waals surface area contributed by atoms with E-state index in [2.05, 4.69) is 5.32 Å². The third-order valence-electron chi connectivity index (χ3n) is 4.56. The normalized spacial score (nSPS) is 22.7. The third-order valence-corrected chi connectivity index (χ3v) is 6.84. The molecule has 2 amide bonds. The van der Waals surface area contributed by atoms with Gasteiger partial charge in [0, 0.05) is 23.1 Å². The smallest absolute Gasteiger partial charge is 0.352 e. The van der Waals surface area contributed by atoms with E-state index in [9.17, 15) is 29.1 Å². The van der Waals surface area contributed by atoms with Crippen LogP contribution >= 0.6 is 23.1 Å². The topological polar surface area (TPSA) is 139 Å². The minimum Gasteiger partial charge on any atom is -0.477 e. The third kappa shape index (κ3) is 3.67. The van der Waals surface area contributed by atoms with Crippen LogP contribution in [-0.4, -0.2) is 70.1 Å². The number of nitrogens with zero attached hydrogens (tertiary/aromatic N) is 1. The van der Waals surface area contributed by atoms with Gasteiger partial charge in [-0.3, -0.25) is 19.3 Å². The number of carboxylic acids is 1. The summed E-state index contributed by atoms with van der Waals surface area (Å²) in [5.74, 6) is -4.37. The molecule has 3 heterocycles. The van der Waals surface area contributed by atoms with Crippen LogP contribution in [0.15, 0.2) is 28.8 Å². The Kier molecular flexibility index (Phi) is 6.17. The Bertz CT molecular complexity index is 942. The van der Waals surface area contributed by atoms with Gasteiger partial charge in [-0.15, -0.1) is 23.1 Å². The first-order valence-corrected chi connectivity index (χ1v) is 10.6. The Morgan fingerprint density at radius 1 is 1.37 bits per heavy atom. The number of methoxy groups -OCH3 is 1. The Labute approximate surface area is 179 Å². The predicted molar refractivity (Wildman–Crippen MR) is 105 cm³/mol. The number of carboxylic acid groups (broad SMARTS) is 1. The Morgan fingerprint density at radius 2 is 2.10 bits per heavy atom. The van der Waals surface area contributed by atoms with Crippen LogP contribution in [0.25, 0.3) is 0 Å². The van der Waals surface area contributed by atoms with E-state index in [4.69, 9.17) is 9.47 Å². The number of aliphatic carboxylic acids is 1. The van der Waals surface area contributed by atoms with E-state index in [1.807, 2.05) is 0 Å². The van der Waals surface area contributed by atoms with Crippen molar-refractivity contribution < 1.29 is 38.6 Å². The van der Waals surface area contributed by atoms with Crippen molar-refractivity contribution in [3.8, 4) is 0 Å². The lowest BCUT2D eigenvalue weighted by Crippen LogP contribution is -2.83. The Balaban J connectivity index is 1.90. The molecule has 3 rings (SSSR count). The summed E-state index contributed by atoms with van der Waals surface area (Å²) in [4.78, 5) is 62.7. The highest BCUT2D eigenvalue weighted by Gasteiger charge is 2.70. The van der Waals surface area contributed by atoms with E-state index in [1.165, 1.54) is 18.3 Å². The lowest BCUT2D eigenvalue weighted by Gasteiger charge is -2.55. The Hall–Kier alpha value is -2.86. The highest BCUT2D eigenvalue weighted by molar-refractivity contribution is 8.00. The summed E-state index contributed by atoms with van der Waals surface area (Å²) in [5.41, 5.74) is -2.17. The van der Waals surface area contributed by atoms with Gasteiger partial charge in [-0.2, -0.15) is 0 Å². The first kappa shape index (κ1) is 21.8. The predicted octanol–water partition coefficient (Wildman–Crippen LogP) is 0.135. The quantitative estimate of drug-likeness (QED) is 0.334. The van der Waals surface area contributed by atoms with E-state index in [0.29, 0.717) is 0 Å². The standard InChI is InChI=1S/C18H18N2O8S2/c1-9(21)28-7-10-8-30-16-18(17(26)27-2,15(25)20(16)13(10)14(23)24)19-12(22)6-11-4-3-5-29-11/h3-5,16H,6-8H2,1-2H3,(H,19,22)(H,23,24)/t16-,18?/m1/s1. The zero-order chi connectivity index (χ0) is 22.1. The molecule has 1 fully saturated rings. The Morgan fingerprint density at radius 3 is 2.67 bits per heavy atom. The number of amides is 2. The number of β-lactam (4-membered cyclic amide) rings is 1. The number of carbonyl (C=O) groups excluding carboxylic acids is 4. The van der Waals surface area contributed by atoms with E-state index >= 15 is 0 Å². The minimum atomic E-state index is -2.03. The number of carbonyl (C=O) groups is 5. The molecule has 12 heteroatoms. The molecule has 1 aromatic rings. The second kappa shape index (κ2) is 8.48. The summed E-state index contributed by atoms with van der Waals surface area (Å²) in [6.07, 6.45) is -0.0413. The van der Waals surface area contributed by atoms with Gasteiger partial charge in [-0.1, -0.05) is 6.07 Å². The van der Waals surface area contributed by atoms with Gasteiger partial charge in [-0.25, -0.2) is 9.59 Å². The number of fused-ring (bicyclic) bond motifs is 1. The van der Waals surface area contributed by atoms with Crippen molar-refractivity contribution in [2.75, 3.05) is 19.5 Å². The van der Waals surface area contributed by atoms with Gasteiger partial charge in [-0.05, 0) is 11.4 Å². The first-order valence-electron chi connectivity index (χ1n) is 8.68. The summed E-state index contributed by atoms with van der Waals surface area (Å²) in [5, 5.41) is 12.9. The molecule has 0 aliphatic carbocycles. The van der Waals surface area contributed by atoms with Crippen LogP contribution in [0.1, 0.15) is 11.8 Å². The maximum absolute atomic E-state index is 13.0. The fraction of sp³-hybridized carbons (Fsp3) is 0.389. The summed E-state index contributed by atoms with van der Waals surface area (Å²) in [6.45, 7) is 0.885. The van der Waals surface area contributed by atoms with Crippen LogP contribution in [0.5, 0.6) is 0 Å². The van der Waals surface area contributed by atoms with E-state index in [1.54, 1.807) is 17.5 Å².